The Morgan fingerprint density at radius 1 is 1.17 bits per heavy atom. The SMILES string of the molecule is CCN(c1ccc(F)cc1)c1ncnc2cc(OC)c(O)cc12. The van der Waals surface area contributed by atoms with E-state index in [9.17, 15) is 9.50 Å². The molecular weight excluding hydrogens is 297 g/mol. The van der Waals surface area contributed by atoms with E-state index >= 15 is 0 Å². The number of hydrogen-bond donors (Lipinski definition) is 1. The van der Waals surface area contributed by atoms with Crippen molar-refractivity contribution in [2.24, 2.45) is 0 Å². The van der Waals surface area contributed by atoms with Crippen molar-refractivity contribution in [3.8, 4) is 11.5 Å². The molecule has 0 radical (unpaired) electrons. The summed E-state index contributed by atoms with van der Waals surface area (Å²) in [6.45, 7) is 2.60. The van der Waals surface area contributed by atoms with E-state index in [1.165, 1.54) is 25.6 Å². The molecule has 6 heteroatoms. The fraction of sp³-hybridized carbons (Fsp3) is 0.176. The average molecular weight is 313 g/mol. The highest BCUT2D eigenvalue weighted by molar-refractivity contribution is 5.93. The molecule has 0 unspecified atom stereocenters. The Bertz CT molecular complexity index is 837. The van der Waals surface area contributed by atoms with Crippen LogP contribution in [0.15, 0.2) is 42.7 Å². The fourth-order valence-corrected chi connectivity index (χ4v) is 2.51. The zero-order valence-corrected chi connectivity index (χ0v) is 12.8. The lowest BCUT2D eigenvalue weighted by molar-refractivity contribution is 0.374. The summed E-state index contributed by atoms with van der Waals surface area (Å²) < 4.78 is 18.3. The van der Waals surface area contributed by atoms with E-state index in [-0.39, 0.29) is 11.6 Å². The second-order valence-corrected chi connectivity index (χ2v) is 4.96. The number of hydrogen-bond acceptors (Lipinski definition) is 5. The van der Waals surface area contributed by atoms with Crippen molar-refractivity contribution in [1.29, 1.82) is 0 Å². The molecule has 118 valence electrons. The van der Waals surface area contributed by atoms with Gasteiger partial charge in [-0.25, -0.2) is 14.4 Å². The zero-order chi connectivity index (χ0) is 16.4. The second-order valence-electron chi connectivity index (χ2n) is 4.96. The molecule has 5 nitrogen and oxygen atoms in total. The van der Waals surface area contributed by atoms with E-state index in [1.54, 1.807) is 24.3 Å². The summed E-state index contributed by atoms with van der Waals surface area (Å²) >= 11 is 0. The number of anilines is 2. The minimum Gasteiger partial charge on any atom is -0.504 e. The highest BCUT2D eigenvalue weighted by atomic mass is 19.1. The van der Waals surface area contributed by atoms with Crippen LogP contribution in [0, 0.1) is 5.82 Å². The van der Waals surface area contributed by atoms with E-state index in [2.05, 4.69) is 9.97 Å². The second kappa shape index (κ2) is 6.08. The van der Waals surface area contributed by atoms with Crippen LogP contribution in [-0.2, 0) is 0 Å². The molecule has 1 N–H and O–H groups in total. The Balaban J connectivity index is 2.17. The van der Waals surface area contributed by atoms with E-state index in [0.717, 1.165) is 5.69 Å². The quantitative estimate of drug-likeness (QED) is 0.797. The third-order valence-electron chi connectivity index (χ3n) is 3.63. The number of ether oxygens (including phenoxy) is 1. The van der Waals surface area contributed by atoms with Gasteiger partial charge < -0.3 is 14.7 Å². The monoisotopic (exact) mass is 313 g/mol. The van der Waals surface area contributed by atoms with Gasteiger partial charge in [0.25, 0.3) is 0 Å². The van der Waals surface area contributed by atoms with Crippen molar-refractivity contribution in [2.45, 2.75) is 6.92 Å². The Labute approximate surface area is 133 Å². The van der Waals surface area contributed by atoms with Gasteiger partial charge in [-0.05, 0) is 37.3 Å². The van der Waals surface area contributed by atoms with Crippen molar-refractivity contribution in [1.82, 2.24) is 9.97 Å². The average Bonchev–Trinajstić information content (AvgIpc) is 2.57. The van der Waals surface area contributed by atoms with E-state index in [1.807, 2.05) is 11.8 Å². The number of methoxy groups -OCH3 is 1. The molecule has 23 heavy (non-hydrogen) atoms. The van der Waals surface area contributed by atoms with Gasteiger partial charge in [-0.15, -0.1) is 0 Å². The van der Waals surface area contributed by atoms with Crippen LogP contribution in [0.4, 0.5) is 15.9 Å². The fourth-order valence-electron chi connectivity index (χ4n) is 2.51. The number of halogens is 1. The Kier molecular flexibility index (Phi) is 3.97. The molecular formula is C17H16FN3O2. The first-order valence-electron chi connectivity index (χ1n) is 7.19. The van der Waals surface area contributed by atoms with Crippen LogP contribution in [0.2, 0.25) is 0 Å². The number of phenols is 1. The topological polar surface area (TPSA) is 58.5 Å². The minimum atomic E-state index is -0.292. The predicted octanol–water partition coefficient (Wildman–Crippen LogP) is 3.64. The first-order valence-corrected chi connectivity index (χ1v) is 7.19. The number of aromatic hydroxyl groups is 1. The zero-order valence-electron chi connectivity index (χ0n) is 12.8. The number of aromatic nitrogens is 2. The van der Waals surface area contributed by atoms with Crippen molar-refractivity contribution in [3.05, 3.63) is 48.5 Å². The maximum atomic E-state index is 13.2. The molecule has 0 bridgehead atoms. The third-order valence-corrected chi connectivity index (χ3v) is 3.63. The number of phenolic OH excluding ortho intramolecular Hbond substituents is 1. The van der Waals surface area contributed by atoms with E-state index in [0.29, 0.717) is 29.0 Å². The molecule has 0 atom stereocenters. The molecule has 0 aliphatic heterocycles. The molecule has 3 rings (SSSR count). The van der Waals surface area contributed by atoms with Gasteiger partial charge in [-0.3, -0.25) is 0 Å². The molecule has 2 aromatic carbocycles. The van der Waals surface area contributed by atoms with Crippen LogP contribution >= 0.6 is 0 Å². The normalized spacial score (nSPS) is 10.7. The van der Waals surface area contributed by atoms with Gasteiger partial charge in [-0.2, -0.15) is 0 Å². The molecule has 0 saturated carbocycles. The maximum Gasteiger partial charge on any atom is 0.162 e. The van der Waals surface area contributed by atoms with E-state index in [4.69, 9.17) is 4.74 Å². The van der Waals surface area contributed by atoms with Crippen LogP contribution in [0.3, 0.4) is 0 Å². The van der Waals surface area contributed by atoms with Crippen molar-refractivity contribution in [2.75, 3.05) is 18.6 Å². The summed E-state index contributed by atoms with van der Waals surface area (Å²) in [5.41, 5.74) is 1.47. The molecule has 1 aromatic heterocycles. The van der Waals surface area contributed by atoms with Gasteiger partial charge in [0.15, 0.2) is 11.5 Å². The minimum absolute atomic E-state index is 0.0196. The highest BCUT2D eigenvalue weighted by Crippen LogP contribution is 2.35. The van der Waals surface area contributed by atoms with Crippen molar-refractivity contribution < 1.29 is 14.2 Å². The summed E-state index contributed by atoms with van der Waals surface area (Å²) in [5, 5.41) is 10.7. The number of fused-ring (bicyclic) bond motifs is 1. The molecule has 0 fully saturated rings. The van der Waals surface area contributed by atoms with Crippen LogP contribution < -0.4 is 9.64 Å². The van der Waals surface area contributed by atoms with Crippen molar-refractivity contribution >= 4 is 22.4 Å². The Hall–Kier alpha value is -2.89. The van der Waals surface area contributed by atoms with Gasteiger partial charge >= 0.3 is 0 Å². The van der Waals surface area contributed by atoms with Crippen LogP contribution in [0.1, 0.15) is 6.92 Å². The standard InChI is InChI=1S/C17H16FN3O2/c1-3-21(12-6-4-11(18)5-7-12)17-13-8-15(22)16(23-2)9-14(13)19-10-20-17/h4-10,22H,3H2,1-2H3. The van der Waals surface area contributed by atoms with Gasteiger partial charge in [-0.1, -0.05) is 0 Å². The number of nitrogens with zero attached hydrogens (tertiary/aromatic N) is 3. The summed E-state index contributed by atoms with van der Waals surface area (Å²) in [4.78, 5) is 10.5. The van der Waals surface area contributed by atoms with Crippen LogP contribution in [0.5, 0.6) is 11.5 Å². The molecule has 0 saturated heterocycles. The first-order chi connectivity index (χ1) is 11.1. The van der Waals surface area contributed by atoms with Gasteiger partial charge in [0.2, 0.25) is 0 Å². The Morgan fingerprint density at radius 2 is 1.91 bits per heavy atom. The lowest BCUT2D eigenvalue weighted by atomic mass is 10.2. The van der Waals surface area contributed by atoms with Crippen LogP contribution in [0.25, 0.3) is 10.9 Å². The molecule has 3 aromatic rings. The number of benzene rings is 2. The first kappa shape index (κ1) is 15.0. The summed E-state index contributed by atoms with van der Waals surface area (Å²) in [7, 11) is 1.49. The molecule has 0 aliphatic rings. The lowest BCUT2D eigenvalue weighted by Crippen LogP contribution is -2.17. The smallest absolute Gasteiger partial charge is 0.162 e. The predicted molar refractivity (Wildman–Crippen MR) is 86.8 cm³/mol. The van der Waals surface area contributed by atoms with E-state index < -0.39 is 0 Å². The number of rotatable bonds is 4. The summed E-state index contributed by atoms with van der Waals surface area (Å²) in [5.74, 6) is 0.722. The molecule has 0 aliphatic carbocycles. The van der Waals surface area contributed by atoms with Gasteiger partial charge in [0, 0.05) is 23.7 Å². The molecule has 0 amide bonds. The lowest BCUT2D eigenvalue weighted by Gasteiger charge is -2.23. The summed E-state index contributed by atoms with van der Waals surface area (Å²) in [6, 6.07) is 9.43. The maximum absolute atomic E-state index is 13.2. The Morgan fingerprint density at radius 3 is 2.57 bits per heavy atom. The van der Waals surface area contributed by atoms with Gasteiger partial charge in [0.05, 0.1) is 12.6 Å². The molecule has 1 heterocycles. The third kappa shape index (κ3) is 2.75. The largest absolute Gasteiger partial charge is 0.504 e. The van der Waals surface area contributed by atoms with Crippen LogP contribution in [-0.4, -0.2) is 28.7 Å². The highest BCUT2D eigenvalue weighted by Gasteiger charge is 2.15. The molecule has 0 spiro atoms. The summed E-state index contributed by atoms with van der Waals surface area (Å²) in [6.07, 6.45) is 1.46. The van der Waals surface area contributed by atoms with Crippen molar-refractivity contribution in [3.63, 3.8) is 0 Å². The van der Waals surface area contributed by atoms with Gasteiger partial charge in [0.1, 0.15) is 18.0 Å².